The number of carbonyl (C=O) groups is 3. The Morgan fingerprint density at radius 2 is 1.92 bits per heavy atom. The van der Waals surface area contributed by atoms with Crippen molar-refractivity contribution < 1.29 is 41.5 Å². The number of nitrogens with zero attached hydrogens (tertiary/aromatic N) is 4. The minimum absolute atomic E-state index is 0.0148. The number of carbonyl (C=O) groups excluding carboxylic acids is 3. The van der Waals surface area contributed by atoms with Gasteiger partial charge in [-0.2, -0.15) is 8.78 Å². The number of rotatable bonds is 7. The number of alkyl halides is 2. The molecule has 37 heavy (non-hydrogen) atoms. The van der Waals surface area contributed by atoms with E-state index in [-0.39, 0.29) is 57.3 Å². The third kappa shape index (κ3) is 6.37. The average Bonchev–Trinajstić information content (AvgIpc) is 3.44. The van der Waals surface area contributed by atoms with Crippen molar-refractivity contribution in [2.75, 3.05) is 49.1 Å². The largest absolute Gasteiger partial charge is 0.442 e. The smallest absolute Gasteiger partial charge is 0.414 e. The van der Waals surface area contributed by atoms with Crippen molar-refractivity contribution in [3.05, 3.63) is 40.4 Å². The predicted octanol–water partition coefficient (Wildman–Crippen LogP) is 2.09. The van der Waals surface area contributed by atoms with Crippen LogP contribution in [0, 0.1) is 11.6 Å². The molecule has 0 saturated carbocycles. The lowest BCUT2D eigenvalue weighted by Gasteiger charge is -2.24. The lowest BCUT2D eigenvalue weighted by Crippen LogP contribution is -2.41. The van der Waals surface area contributed by atoms with E-state index in [9.17, 15) is 23.2 Å². The number of aromatic nitrogens is 1. The standard InChI is InChI=1S/C21H22F4N6O5S/c22-15-5-12(30-10-13(36-21(30)34)7-27-19(32)18(24)25)6-16(23)17(15)29-1-2-31(35-4-3-29)20(33)28-9-14-8-26-11-37-14/h5-6,8,11,13,18H,1-4,7,9-10H2,(H,27,32)(H,28,33)/t13-/m0/s1. The molecule has 0 radical (unpaired) electrons. The van der Waals surface area contributed by atoms with E-state index in [1.54, 1.807) is 11.7 Å². The number of cyclic esters (lactones) is 1. The molecule has 0 bridgehead atoms. The van der Waals surface area contributed by atoms with E-state index < -0.39 is 42.2 Å². The summed E-state index contributed by atoms with van der Waals surface area (Å²) in [5.41, 5.74) is 1.14. The quantitative estimate of drug-likeness (QED) is 0.511. The summed E-state index contributed by atoms with van der Waals surface area (Å²) in [5.74, 6) is -3.44. The highest BCUT2D eigenvalue weighted by Gasteiger charge is 2.34. The fourth-order valence-electron chi connectivity index (χ4n) is 3.75. The van der Waals surface area contributed by atoms with Crippen molar-refractivity contribution in [1.29, 1.82) is 0 Å². The molecule has 2 aliphatic heterocycles. The summed E-state index contributed by atoms with van der Waals surface area (Å²) in [4.78, 5) is 48.1. The zero-order chi connectivity index (χ0) is 26.5. The van der Waals surface area contributed by atoms with E-state index in [0.29, 0.717) is 0 Å². The fourth-order valence-corrected chi connectivity index (χ4v) is 4.29. The molecule has 1 atom stereocenters. The second kappa shape index (κ2) is 11.6. The Labute approximate surface area is 211 Å². The molecule has 2 aromatic rings. The van der Waals surface area contributed by atoms with Crippen LogP contribution in [0.3, 0.4) is 0 Å². The molecule has 0 aliphatic carbocycles. The van der Waals surface area contributed by atoms with Crippen LogP contribution in [-0.2, 0) is 20.9 Å². The van der Waals surface area contributed by atoms with Crippen LogP contribution in [0.4, 0.5) is 38.5 Å². The fraction of sp³-hybridized carbons (Fsp3) is 0.429. The molecule has 1 aromatic carbocycles. The monoisotopic (exact) mass is 546 g/mol. The van der Waals surface area contributed by atoms with Gasteiger partial charge in [0.1, 0.15) is 11.8 Å². The summed E-state index contributed by atoms with van der Waals surface area (Å²) in [6, 6.07) is 1.40. The van der Waals surface area contributed by atoms with Crippen LogP contribution >= 0.6 is 11.3 Å². The van der Waals surface area contributed by atoms with Crippen molar-refractivity contribution in [2.45, 2.75) is 19.1 Å². The molecule has 2 N–H and O–H groups in total. The molecule has 4 amide bonds. The summed E-state index contributed by atoms with van der Waals surface area (Å²) in [5, 5.41) is 5.69. The zero-order valence-corrected chi connectivity index (χ0v) is 20.0. The summed E-state index contributed by atoms with van der Waals surface area (Å²) < 4.78 is 59.7. The van der Waals surface area contributed by atoms with Crippen molar-refractivity contribution in [1.82, 2.24) is 20.7 Å². The minimum Gasteiger partial charge on any atom is -0.442 e. The Hall–Kier alpha value is -3.66. The van der Waals surface area contributed by atoms with E-state index in [1.807, 2.05) is 5.32 Å². The number of urea groups is 1. The second-order valence-electron chi connectivity index (χ2n) is 7.97. The summed E-state index contributed by atoms with van der Waals surface area (Å²) in [7, 11) is 0. The molecule has 2 aliphatic rings. The van der Waals surface area contributed by atoms with Gasteiger partial charge in [-0.25, -0.2) is 23.4 Å². The highest BCUT2D eigenvalue weighted by atomic mass is 32.1. The molecular formula is C21H22F4N6O5S. The lowest BCUT2D eigenvalue weighted by atomic mass is 10.2. The molecular weight excluding hydrogens is 524 g/mol. The second-order valence-corrected chi connectivity index (χ2v) is 8.94. The maximum absolute atomic E-state index is 15.0. The molecule has 11 nitrogen and oxygen atoms in total. The maximum atomic E-state index is 15.0. The average molecular weight is 547 g/mol. The third-order valence-electron chi connectivity index (χ3n) is 5.51. The zero-order valence-electron chi connectivity index (χ0n) is 19.2. The van der Waals surface area contributed by atoms with Gasteiger partial charge in [-0.3, -0.25) is 19.5 Å². The number of hydroxylamine groups is 2. The number of nitrogens with one attached hydrogen (secondary N) is 2. The highest BCUT2D eigenvalue weighted by molar-refractivity contribution is 7.09. The molecule has 4 rings (SSSR count). The SMILES string of the molecule is O=C(NC[C@H]1CN(c2cc(F)c(N3CCON(C(=O)NCc4cncs4)CC3)c(F)c2)C(=O)O1)C(F)F. The van der Waals surface area contributed by atoms with E-state index in [2.05, 4.69) is 10.3 Å². The number of anilines is 2. The maximum Gasteiger partial charge on any atom is 0.414 e. The first-order valence-electron chi connectivity index (χ1n) is 11.1. The van der Waals surface area contributed by atoms with Gasteiger partial charge in [0.15, 0.2) is 11.6 Å². The van der Waals surface area contributed by atoms with Crippen molar-refractivity contribution in [2.24, 2.45) is 0 Å². The van der Waals surface area contributed by atoms with Crippen LogP contribution < -0.4 is 20.4 Å². The Morgan fingerprint density at radius 1 is 1.16 bits per heavy atom. The van der Waals surface area contributed by atoms with Gasteiger partial charge in [-0.1, -0.05) is 0 Å². The van der Waals surface area contributed by atoms with Crippen LogP contribution in [-0.4, -0.2) is 79.9 Å². The van der Waals surface area contributed by atoms with E-state index in [0.717, 1.165) is 27.0 Å². The van der Waals surface area contributed by atoms with Gasteiger partial charge >= 0.3 is 18.5 Å². The normalized spacial score (nSPS) is 18.1. The van der Waals surface area contributed by atoms with Gasteiger partial charge in [0.05, 0.1) is 44.0 Å². The predicted molar refractivity (Wildman–Crippen MR) is 122 cm³/mol. The molecule has 3 heterocycles. The van der Waals surface area contributed by atoms with Crippen LogP contribution in [0.25, 0.3) is 0 Å². The van der Waals surface area contributed by atoms with Crippen molar-refractivity contribution >= 4 is 40.7 Å². The van der Waals surface area contributed by atoms with Gasteiger partial charge in [-0.15, -0.1) is 11.3 Å². The summed E-state index contributed by atoms with van der Waals surface area (Å²) in [6.45, 7) is -0.155. The Bertz CT molecular complexity index is 1120. The van der Waals surface area contributed by atoms with Gasteiger partial charge in [0.2, 0.25) is 0 Å². The number of hydrogen-bond acceptors (Lipinski definition) is 8. The van der Waals surface area contributed by atoms with Crippen molar-refractivity contribution in [3.63, 3.8) is 0 Å². The number of halogens is 4. The number of amides is 4. The highest BCUT2D eigenvalue weighted by Crippen LogP contribution is 2.31. The molecule has 16 heteroatoms. The molecule has 200 valence electrons. The van der Waals surface area contributed by atoms with Crippen LogP contribution in [0.15, 0.2) is 23.8 Å². The summed E-state index contributed by atoms with van der Waals surface area (Å²) in [6.07, 6.45) is -3.51. The van der Waals surface area contributed by atoms with E-state index >= 15 is 8.78 Å². The van der Waals surface area contributed by atoms with Crippen LogP contribution in [0.2, 0.25) is 0 Å². The van der Waals surface area contributed by atoms with Gasteiger partial charge in [-0.05, 0) is 0 Å². The first-order chi connectivity index (χ1) is 17.7. The van der Waals surface area contributed by atoms with Crippen molar-refractivity contribution in [3.8, 4) is 0 Å². The summed E-state index contributed by atoms with van der Waals surface area (Å²) >= 11 is 1.38. The Kier molecular flexibility index (Phi) is 8.27. The molecule has 1 aromatic heterocycles. The Balaban J connectivity index is 1.37. The molecule has 0 unspecified atom stereocenters. The van der Waals surface area contributed by atoms with Gasteiger partial charge in [0.25, 0.3) is 5.91 Å². The molecule has 2 saturated heterocycles. The van der Waals surface area contributed by atoms with Gasteiger partial charge < -0.3 is 20.3 Å². The number of thiazole rings is 1. The topological polar surface area (TPSA) is 116 Å². The first-order valence-corrected chi connectivity index (χ1v) is 11.9. The minimum atomic E-state index is -3.22. The van der Waals surface area contributed by atoms with Gasteiger partial charge in [0, 0.05) is 36.3 Å². The van der Waals surface area contributed by atoms with Crippen LogP contribution in [0.1, 0.15) is 4.88 Å². The first kappa shape index (κ1) is 26.4. The van der Waals surface area contributed by atoms with E-state index in [4.69, 9.17) is 9.57 Å². The number of hydrogen-bond donors (Lipinski definition) is 2. The van der Waals surface area contributed by atoms with Crippen LogP contribution in [0.5, 0.6) is 0 Å². The number of benzene rings is 1. The van der Waals surface area contributed by atoms with E-state index in [1.165, 1.54) is 16.2 Å². The number of ether oxygens (including phenoxy) is 1. The lowest BCUT2D eigenvalue weighted by molar-refractivity contribution is -0.132. The molecule has 2 fully saturated rings. The third-order valence-corrected chi connectivity index (χ3v) is 6.29. The Morgan fingerprint density at radius 3 is 2.59 bits per heavy atom. The molecule has 0 spiro atoms.